The van der Waals surface area contributed by atoms with E-state index in [-0.39, 0.29) is 10.1 Å². The minimum Gasteiger partial charge on any atom is -0.494 e. The van der Waals surface area contributed by atoms with Gasteiger partial charge in [-0.15, -0.1) is 11.3 Å². The first-order valence-electron chi connectivity index (χ1n) is 8.72. The number of carbonyl (C=O) groups is 1. The van der Waals surface area contributed by atoms with E-state index in [0.29, 0.717) is 35.8 Å². The highest BCUT2D eigenvalue weighted by atomic mass is 32.2. The second kappa shape index (κ2) is 7.43. The lowest BCUT2D eigenvalue weighted by molar-refractivity contribution is -0.119. The normalized spacial score (nSPS) is 17.9. The van der Waals surface area contributed by atoms with Crippen molar-refractivity contribution < 1.29 is 17.9 Å². The summed E-state index contributed by atoms with van der Waals surface area (Å²) in [7, 11) is -2.09. The highest BCUT2D eigenvalue weighted by Crippen LogP contribution is 2.35. The lowest BCUT2D eigenvalue weighted by Gasteiger charge is -2.22. The van der Waals surface area contributed by atoms with Crippen molar-refractivity contribution in [3.8, 4) is 5.75 Å². The summed E-state index contributed by atoms with van der Waals surface area (Å²) < 4.78 is 33.6. The largest absolute Gasteiger partial charge is 0.494 e. The predicted octanol–water partition coefficient (Wildman–Crippen LogP) is 3.47. The zero-order valence-electron chi connectivity index (χ0n) is 15.3. The van der Waals surface area contributed by atoms with Crippen LogP contribution in [-0.4, -0.2) is 43.3 Å². The third-order valence-corrected chi connectivity index (χ3v) is 9.11. The quantitative estimate of drug-likeness (QED) is 0.660. The molecule has 7 nitrogen and oxygen atoms in total. The number of benzene rings is 1. The van der Waals surface area contributed by atoms with Crippen LogP contribution >= 0.6 is 22.7 Å². The highest BCUT2D eigenvalue weighted by molar-refractivity contribution is 7.91. The van der Waals surface area contributed by atoms with Crippen LogP contribution in [0.2, 0.25) is 0 Å². The van der Waals surface area contributed by atoms with Gasteiger partial charge in [-0.25, -0.2) is 13.4 Å². The molecule has 0 bridgehead atoms. The molecule has 4 rings (SSSR count). The van der Waals surface area contributed by atoms with E-state index < -0.39 is 16.1 Å². The molecule has 2 aromatic heterocycles. The fourth-order valence-electron chi connectivity index (χ4n) is 3.33. The van der Waals surface area contributed by atoms with Crippen molar-refractivity contribution in [3.05, 3.63) is 35.2 Å². The maximum Gasteiger partial charge on any atom is 0.253 e. The van der Waals surface area contributed by atoms with E-state index in [1.165, 1.54) is 15.6 Å². The topological polar surface area (TPSA) is 88.6 Å². The number of aromatic nitrogens is 1. The molecule has 1 saturated heterocycles. The number of nitrogens with one attached hydrogen (secondary N) is 1. The first-order valence-corrected chi connectivity index (χ1v) is 11.9. The van der Waals surface area contributed by atoms with Gasteiger partial charge in [-0.1, -0.05) is 23.5 Å². The van der Waals surface area contributed by atoms with Crippen LogP contribution in [0.5, 0.6) is 5.75 Å². The molecular weight excluding hydrogens is 418 g/mol. The second-order valence-electron chi connectivity index (χ2n) is 6.48. The Morgan fingerprint density at radius 2 is 2.18 bits per heavy atom. The number of amides is 1. The molecule has 0 unspecified atom stereocenters. The zero-order chi connectivity index (χ0) is 19.9. The maximum absolute atomic E-state index is 12.9. The fraction of sp³-hybridized carbons (Fsp3) is 0.333. The van der Waals surface area contributed by atoms with Crippen molar-refractivity contribution in [2.75, 3.05) is 19.0 Å². The van der Waals surface area contributed by atoms with Gasteiger partial charge in [-0.3, -0.25) is 4.79 Å². The standard InChI is InChI=1S/C18H19N3O4S3/c1-11-7-8-13(25-2)15-16(11)27-18(19-15)20-17(22)12-5-3-9-21(12)28(23,24)14-6-4-10-26-14/h4,6-8,10,12H,3,5,9H2,1-2H3,(H,19,20,22)/t12-/m1/s1. The molecule has 3 heterocycles. The molecule has 1 amide bonds. The van der Waals surface area contributed by atoms with Crippen molar-refractivity contribution in [2.45, 2.75) is 30.0 Å². The molecule has 1 aliphatic heterocycles. The number of hydrogen-bond acceptors (Lipinski definition) is 7. The van der Waals surface area contributed by atoms with Gasteiger partial charge in [-0.05, 0) is 42.8 Å². The Kier molecular flexibility index (Phi) is 5.13. The molecule has 28 heavy (non-hydrogen) atoms. The fourth-order valence-corrected chi connectivity index (χ4v) is 7.06. The number of thiophene rings is 1. The van der Waals surface area contributed by atoms with Crippen molar-refractivity contribution in [1.82, 2.24) is 9.29 Å². The van der Waals surface area contributed by atoms with Gasteiger partial charge in [0.1, 0.15) is 21.5 Å². The minimum atomic E-state index is -3.67. The van der Waals surface area contributed by atoms with Gasteiger partial charge in [0.2, 0.25) is 5.91 Å². The van der Waals surface area contributed by atoms with Gasteiger partial charge in [0.25, 0.3) is 10.0 Å². The molecule has 1 atom stereocenters. The summed E-state index contributed by atoms with van der Waals surface area (Å²) in [6, 6.07) is 6.31. The van der Waals surface area contributed by atoms with Crippen LogP contribution in [0.4, 0.5) is 5.13 Å². The molecule has 0 saturated carbocycles. The smallest absolute Gasteiger partial charge is 0.253 e. The Morgan fingerprint density at radius 1 is 1.36 bits per heavy atom. The van der Waals surface area contributed by atoms with Crippen molar-refractivity contribution >= 4 is 54.0 Å². The van der Waals surface area contributed by atoms with Crippen LogP contribution in [0.3, 0.4) is 0 Å². The molecule has 3 aromatic rings. The van der Waals surface area contributed by atoms with Gasteiger partial charge < -0.3 is 10.1 Å². The molecule has 148 valence electrons. The molecule has 1 aliphatic rings. The number of aryl methyl sites for hydroxylation is 1. The Balaban J connectivity index is 1.60. The molecule has 10 heteroatoms. The van der Waals surface area contributed by atoms with Crippen LogP contribution in [0, 0.1) is 6.92 Å². The van der Waals surface area contributed by atoms with Gasteiger partial charge in [-0.2, -0.15) is 4.31 Å². The molecular formula is C18H19N3O4S3. The zero-order valence-corrected chi connectivity index (χ0v) is 17.8. The molecule has 0 aliphatic carbocycles. The first kappa shape index (κ1) is 19.3. The van der Waals surface area contributed by atoms with Gasteiger partial charge in [0.15, 0.2) is 5.13 Å². The summed E-state index contributed by atoms with van der Waals surface area (Å²) in [4.78, 5) is 17.4. The van der Waals surface area contributed by atoms with Crippen molar-refractivity contribution in [1.29, 1.82) is 0 Å². The Bertz CT molecular complexity index is 1120. The average Bonchev–Trinajstić information content (AvgIpc) is 3.41. The molecule has 0 spiro atoms. The lowest BCUT2D eigenvalue weighted by atomic mass is 10.2. The van der Waals surface area contributed by atoms with Crippen LogP contribution in [0.25, 0.3) is 10.2 Å². The highest BCUT2D eigenvalue weighted by Gasteiger charge is 2.40. The van der Waals surface area contributed by atoms with E-state index in [4.69, 9.17) is 4.74 Å². The van der Waals surface area contributed by atoms with Gasteiger partial charge >= 0.3 is 0 Å². The first-order chi connectivity index (χ1) is 13.4. The van der Waals surface area contributed by atoms with Crippen molar-refractivity contribution in [2.24, 2.45) is 0 Å². The number of thiazole rings is 1. The average molecular weight is 438 g/mol. The third-order valence-electron chi connectivity index (χ3n) is 4.72. The molecule has 1 fully saturated rings. The third kappa shape index (κ3) is 3.30. The Labute approximate surface area is 171 Å². The van der Waals surface area contributed by atoms with E-state index in [1.807, 2.05) is 19.1 Å². The number of rotatable bonds is 5. The second-order valence-corrected chi connectivity index (χ2v) is 10.5. The van der Waals surface area contributed by atoms with Gasteiger partial charge in [0, 0.05) is 6.54 Å². The molecule has 1 aromatic carbocycles. The van der Waals surface area contributed by atoms with Crippen LogP contribution < -0.4 is 10.1 Å². The summed E-state index contributed by atoms with van der Waals surface area (Å²) in [5.41, 5.74) is 1.73. The Morgan fingerprint density at radius 3 is 2.89 bits per heavy atom. The van der Waals surface area contributed by atoms with E-state index in [2.05, 4.69) is 10.3 Å². The van der Waals surface area contributed by atoms with Crippen LogP contribution in [0.15, 0.2) is 33.9 Å². The number of nitrogens with zero attached hydrogens (tertiary/aromatic N) is 2. The van der Waals surface area contributed by atoms with Crippen molar-refractivity contribution in [3.63, 3.8) is 0 Å². The number of carbonyl (C=O) groups excluding carboxylic acids is 1. The van der Waals surface area contributed by atoms with E-state index in [0.717, 1.165) is 21.6 Å². The molecule has 1 N–H and O–H groups in total. The summed E-state index contributed by atoms with van der Waals surface area (Å²) >= 11 is 2.52. The summed E-state index contributed by atoms with van der Waals surface area (Å²) in [5, 5.41) is 4.96. The number of ether oxygens (including phenoxy) is 1. The van der Waals surface area contributed by atoms with E-state index in [1.54, 1.807) is 24.6 Å². The van der Waals surface area contributed by atoms with Crippen LogP contribution in [0.1, 0.15) is 18.4 Å². The number of sulfonamides is 1. The monoisotopic (exact) mass is 437 g/mol. The van der Waals surface area contributed by atoms with Crippen LogP contribution in [-0.2, 0) is 14.8 Å². The molecule has 0 radical (unpaired) electrons. The SMILES string of the molecule is COc1ccc(C)c2sc(NC(=O)[C@H]3CCCN3S(=O)(=O)c3cccs3)nc12. The predicted molar refractivity (Wildman–Crippen MR) is 111 cm³/mol. The van der Waals surface area contributed by atoms with Gasteiger partial charge in [0.05, 0.1) is 11.8 Å². The minimum absolute atomic E-state index is 0.257. The summed E-state index contributed by atoms with van der Waals surface area (Å²) in [5.74, 6) is 0.286. The summed E-state index contributed by atoms with van der Waals surface area (Å²) in [6.07, 6.45) is 1.14. The number of fused-ring (bicyclic) bond motifs is 1. The number of methoxy groups -OCH3 is 1. The van der Waals surface area contributed by atoms with E-state index in [9.17, 15) is 13.2 Å². The summed E-state index contributed by atoms with van der Waals surface area (Å²) in [6.45, 7) is 2.31. The Hall–Kier alpha value is -2.01. The van der Waals surface area contributed by atoms with E-state index >= 15 is 0 Å². The number of hydrogen-bond donors (Lipinski definition) is 1. The lowest BCUT2D eigenvalue weighted by Crippen LogP contribution is -2.42. The maximum atomic E-state index is 12.9. The number of anilines is 1.